The molecule has 0 amide bonds. The minimum Gasteiger partial charge on any atom is -0.416 e. The molecule has 0 unspecified atom stereocenters. The number of hydrogen-bond donors (Lipinski definition) is 0. The Balaban J connectivity index is 1.06. The number of benzene rings is 8. The molecule has 3 heteroatoms. The van der Waals surface area contributed by atoms with E-state index in [1.165, 1.54) is 54.6 Å². The molecule has 0 atom stereocenters. The van der Waals surface area contributed by atoms with Crippen LogP contribution in [0.1, 0.15) is 0 Å². The first-order valence-corrected chi connectivity index (χ1v) is 15.8. The summed E-state index contributed by atoms with van der Waals surface area (Å²) in [6.07, 6.45) is 0. The molecule has 0 radical (unpaired) electrons. The van der Waals surface area contributed by atoms with E-state index in [9.17, 15) is 0 Å². The second-order valence-corrected chi connectivity index (χ2v) is 11.8. The van der Waals surface area contributed by atoms with Gasteiger partial charge in [0.05, 0.1) is 0 Å². The summed E-state index contributed by atoms with van der Waals surface area (Å²) in [5.74, 6) is 1.00. The van der Waals surface area contributed by atoms with Crippen LogP contribution in [0.5, 0.6) is 0 Å². The van der Waals surface area contributed by atoms with E-state index in [1.54, 1.807) is 0 Å². The maximum Gasteiger partial charge on any atom is 0.248 e. The van der Waals surface area contributed by atoms with Gasteiger partial charge in [-0.25, -0.2) is 0 Å². The van der Waals surface area contributed by atoms with Gasteiger partial charge >= 0.3 is 0 Å². The molecule has 0 saturated heterocycles. The van der Waals surface area contributed by atoms with Crippen LogP contribution in [0.3, 0.4) is 0 Å². The standard InChI is InChI=1S/C44H28N2O/c1-2-12-31(13-3-1)41-37-16-6-8-18-39(37)42(40-19-9-7-17-38(40)41)32-23-27-34(28-24-32)44-46-45-43(47-44)33-25-21-30(22-26-33)36-20-10-14-29-11-4-5-15-35(29)36/h1-28H. The zero-order valence-corrected chi connectivity index (χ0v) is 25.5. The fourth-order valence-corrected chi connectivity index (χ4v) is 6.86. The van der Waals surface area contributed by atoms with Gasteiger partial charge in [0.15, 0.2) is 0 Å². The summed E-state index contributed by atoms with van der Waals surface area (Å²) in [7, 11) is 0. The van der Waals surface area contributed by atoms with Crippen LogP contribution in [0.2, 0.25) is 0 Å². The predicted octanol–water partition coefficient (Wildman–Crippen LogP) is 11.9. The Labute approximate surface area is 272 Å². The Kier molecular flexibility index (Phi) is 6.46. The molecule has 9 aromatic rings. The van der Waals surface area contributed by atoms with Crippen molar-refractivity contribution in [2.45, 2.75) is 0 Å². The lowest BCUT2D eigenvalue weighted by Gasteiger charge is -2.17. The van der Waals surface area contributed by atoms with Crippen molar-refractivity contribution in [2.75, 3.05) is 0 Å². The quantitative estimate of drug-likeness (QED) is 0.185. The van der Waals surface area contributed by atoms with Gasteiger partial charge in [0.25, 0.3) is 0 Å². The number of hydrogen-bond acceptors (Lipinski definition) is 3. The molecular weight excluding hydrogens is 572 g/mol. The van der Waals surface area contributed by atoms with E-state index in [1.807, 2.05) is 12.1 Å². The minimum atomic E-state index is 0.499. The fourth-order valence-electron chi connectivity index (χ4n) is 6.86. The maximum atomic E-state index is 6.20. The highest BCUT2D eigenvalue weighted by Crippen LogP contribution is 2.43. The van der Waals surface area contributed by atoms with Crippen LogP contribution in [-0.4, -0.2) is 10.2 Å². The maximum absolute atomic E-state index is 6.20. The van der Waals surface area contributed by atoms with Crippen LogP contribution in [0, 0.1) is 0 Å². The Morgan fingerprint density at radius 1 is 0.298 bits per heavy atom. The molecule has 1 aromatic heterocycles. The molecule has 0 fully saturated rings. The third-order valence-electron chi connectivity index (χ3n) is 9.07. The molecular formula is C44H28N2O. The second kappa shape index (κ2) is 11.2. The Hall–Kier alpha value is -6.32. The van der Waals surface area contributed by atoms with Crippen LogP contribution >= 0.6 is 0 Å². The number of nitrogens with zero attached hydrogens (tertiary/aromatic N) is 2. The lowest BCUT2D eigenvalue weighted by Crippen LogP contribution is -1.90. The van der Waals surface area contributed by atoms with Crippen molar-refractivity contribution < 1.29 is 4.42 Å². The van der Waals surface area contributed by atoms with Crippen molar-refractivity contribution in [1.82, 2.24) is 10.2 Å². The summed E-state index contributed by atoms with van der Waals surface area (Å²) in [4.78, 5) is 0. The summed E-state index contributed by atoms with van der Waals surface area (Å²) in [5, 5.41) is 16.2. The van der Waals surface area contributed by atoms with E-state index >= 15 is 0 Å². The molecule has 0 aliphatic heterocycles. The van der Waals surface area contributed by atoms with Gasteiger partial charge in [0, 0.05) is 11.1 Å². The van der Waals surface area contributed by atoms with Crippen molar-refractivity contribution in [2.24, 2.45) is 0 Å². The summed E-state index contributed by atoms with van der Waals surface area (Å²) >= 11 is 0. The van der Waals surface area contributed by atoms with E-state index in [-0.39, 0.29) is 0 Å². The normalized spacial score (nSPS) is 11.4. The van der Waals surface area contributed by atoms with Crippen molar-refractivity contribution in [3.63, 3.8) is 0 Å². The van der Waals surface area contributed by atoms with E-state index in [0.717, 1.165) is 22.3 Å². The van der Waals surface area contributed by atoms with Gasteiger partial charge < -0.3 is 4.42 Å². The molecule has 47 heavy (non-hydrogen) atoms. The Bertz CT molecular complexity index is 2490. The molecule has 0 aliphatic carbocycles. The zero-order chi connectivity index (χ0) is 31.2. The van der Waals surface area contributed by atoms with Crippen LogP contribution in [0.25, 0.3) is 88.6 Å². The molecule has 0 bridgehead atoms. The number of fused-ring (bicyclic) bond motifs is 3. The fraction of sp³-hybridized carbons (Fsp3) is 0. The first kappa shape index (κ1) is 27.0. The minimum absolute atomic E-state index is 0.499. The molecule has 0 saturated carbocycles. The average molecular weight is 601 g/mol. The molecule has 3 nitrogen and oxygen atoms in total. The Morgan fingerprint density at radius 2 is 0.702 bits per heavy atom. The SMILES string of the molecule is c1ccc(-c2c3ccccc3c(-c3ccc(-c4nnc(-c5ccc(-c6cccc7ccccc67)cc5)o4)cc3)c3ccccc23)cc1. The molecule has 0 N–H and O–H groups in total. The molecule has 1 heterocycles. The highest BCUT2D eigenvalue weighted by molar-refractivity contribution is 6.21. The largest absolute Gasteiger partial charge is 0.416 e. The topological polar surface area (TPSA) is 38.9 Å². The summed E-state index contributed by atoms with van der Waals surface area (Å²) in [5.41, 5.74) is 8.98. The molecule has 0 aliphatic rings. The van der Waals surface area contributed by atoms with Crippen molar-refractivity contribution in [1.29, 1.82) is 0 Å². The van der Waals surface area contributed by atoms with E-state index in [2.05, 4.69) is 168 Å². The second-order valence-electron chi connectivity index (χ2n) is 11.8. The Morgan fingerprint density at radius 3 is 1.26 bits per heavy atom. The first-order valence-electron chi connectivity index (χ1n) is 15.8. The van der Waals surface area contributed by atoms with Crippen LogP contribution < -0.4 is 0 Å². The van der Waals surface area contributed by atoms with Gasteiger partial charge in [-0.1, -0.05) is 146 Å². The van der Waals surface area contributed by atoms with E-state index in [4.69, 9.17) is 4.42 Å². The number of aromatic nitrogens is 2. The molecule has 9 rings (SSSR count). The summed E-state index contributed by atoms with van der Waals surface area (Å²) in [6, 6.07) is 59.8. The van der Waals surface area contributed by atoms with Gasteiger partial charge in [-0.3, -0.25) is 0 Å². The van der Waals surface area contributed by atoms with Crippen LogP contribution in [0.15, 0.2) is 174 Å². The number of rotatable bonds is 5. The lowest BCUT2D eigenvalue weighted by molar-refractivity contribution is 0.584. The highest BCUT2D eigenvalue weighted by Gasteiger charge is 2.17. The van der Waals surface area contributed by atoms with Crippen molar-refractivity contribution >= 4 is 32.3 Å². The van der Waals surface area contributed by atoms with Gasteiger partial charge in [-0.15, -0.1) is 10.2 Å². The zero-order valence-electron chi connectivity index (χ0n) is 25.5. The molecule has 220 valence electrons. The predicted molar refractivity (Wildman–Crippen MR) is 194 cm³/mol. The molecule has 8 aromatic carbocycles. The van der Waals surface area contributed by atoms with Gasteiger partial charge in [0.1, 0.15) is 0 Å². The van der Waals surface area contributed by atoms with Gasteiger partial charge in [-0.05, 0) is 90.0 Å². The van der Waals surface area contributed by atoms with Gasteiger partial charge in [0.2, 0.25) is 11.8 Å². The van der Waals surface area contributed by atoms with E-state index in [0.29, 0.717) is 11.8 Å². The summed E-state index contributed by atoms with van der Waals surface area (Å²) < 4.78 is 6.20. The van der Waals surface area contributed by atoms with Crippen LogP contribution in [0.4, 0.5) is 0 Å². The highest BCUT2D eigenvalue weighted by atomic mass is 16.4. The first-order chi connectivity index (χ1) is 23.3. The lowest BCUT2D eigenvalue weighted by atomic mass is 9.86. The summed E-state index contributed by atoms with van der Waals surface area (Å²) in [6.45, 7) is 0. The van der Waals surface area contributed by atoms with Gasteiger partial charge in [-0.2, -0.15) is 0 Å². The smallest absolute Gasteiger partial charge is 0.248 e. The van der Waals surface area contributed by atoms with Crippen LogP contribution in [-0.2, 0) is 0 Å². The third-order valence-corrected chi connectivity index (χ3v) is 9.07. The van der Waals surface area contributed by atoms with Crippen molar-refractivity contribution in [3.8, 4) is 56.3 Å². The van der Waals surface area contributed by atoms with Crippen molar-refractivity contribution in [3.05, 3.63) is 170 Å². The third kappa shape index (κ3) is 4.68. The van der Waals surface area contributed by atoms with E-state index < -0.39 is 0 Å². The monoisotopic (exact) mass is 600 g/mol. The molecule has 0 spiro atoms. The average Bonchev–Trinajstić information content (AvgIpc) is 3.65.